The molecule has 0 fully saturated rings. The monoisotopic (exact) mass is 494 g/mol. The number of benzene rings is 4. The molecule has 4 nitrogen and oxygen atoms in total. The van der Waals surface area contributed by atoms with Gasteiger partial charge in [0, 0.05) is 43.9 Å². The molecule has 2 heterocycles. The van der Waals surface area contributed by atoms with Crippen LogP contribution in [0.15, 0.2) is 105 Å². The van der Waals surface area contributed by atoms with E-state index in [1.165, 1.54) is 32.0 Å². The molecule has 1 spiro atoms. The predicted molar refractivity (Wildman–Crippen MR) is 143 cm³/mol. The molecule has 0 atom stereocenters. The van der Waals surface area contributed by atoms with Crippen molar-refractivity contribution in [3.05, 3.63) is 107 Å². The second-order valence-electron chi connectivity index (χ2n) is 9.11. The normalized spacial score (nSPS) is 15.8. The molecule has 4 aromatic rings. The zero-order valence-electron chi connectivity index (χ0n) is 20.2. The number of azo groups is 4. The molecule has 0 aromatic heterocycles. The molecule has 0 radical (unpaired) electrons. The lowest BCUT2D eigenvalue weighted by atomic mass is 10.1. The first-order valence-corrected chi connectivity index (χ1v) is 13.3. The molecule has 0 aliphatic carbocycles. The van der Waals surface area contributed by atoms with Crippen molar-refractivity contribution in [3.8, 4) is 0 Å². The van der Waals surface area contributed by atoms with E-state index in [9.17, 15) is 0 Å². The van der Waals surface area contributed by atoms with Crippen LogP contribution >= 0.6 is 23.5 Å². The van der Waals surface area contributed by atoms with Gasteiger partial charge in [0.15, 0.2) is 0 Å². The first-order valence-electron chi connectivity index (χ1n) is 11.7. The van der Waals surface area contributed by atoms with Crippen molar-refractivity contribution in [2.75, 3.05) is 0 Å². The summed E-state index contributed by atoms with van der Waals surface area (Å²) in [5.41, 5.74) is 8.97. The largest absolute Gasteiger partial charge is 0.516 e. The Bertz CT molecular complexity index is 1410. The quantitative estimate of drug-likeness (QED) is 0.260. The third-order valence-electron chi connectivity index (χ3n) is 6.22. The molecule has 0 amide bonds. The zero-order chi connectivity index (χ0) is 24.2. The van der Waals surface area contributed by atoms with Crippen molar-refractivity contribution in [1.82, 2.24) is 0 Å². The van der Waals surface area contributed by atoms with Crippen molar-refractivity contribution in [2.45, 2.75) is 41.8 Å². The third-order valence-corrected chi connectivity index (χ3v) is 9.42. The van der Waals surface area contributed by atoms with Gasteiger partial charge in [0.1, 0.15) is 11.4 Å². The fourth-order valence-electron chi connectivity index (χ4n) is 4.75. The van der Waals surface area contributed by atoms with Gasteiger partial charge in [0.25, 0.3) is 0 Å². The summed E-state index contributed by atoms with van der Waals surface area (Å²) in [6, 6.07) is 29.7. The Hall–Kier alpha value is -3.22. The van der Waals surface area contributed by atoms with E-state index in [2.05, 4.69) is 110 Å². The lowest BCUT2D eigenvalue weighted by Crippen LogP contribution is -2.43. The van der Waals surface area contributed by atoms with E-state index >= 15 is 0 Å². The van der Waals surface area contributed by atoms with Crippen LogP contribution in [0.3, 0.4) is 0 Å². The van der Waals surface area contributed by atoms with E-state index in [-0.39, 0.29) is 0 Å². The van der Waals surface area contributed by atoms with Crippen molar-refractivity contribution in [2.24, 2.45) is 10.2 Å². The summed E-state index contributed by atoms with van der Waals surface area (Å²) in [6.07, 6.45) is 0. The number of thioether (sulfide) groups is 2. The fourth-order valence-corrected chi connectivity index (χ4v) is 7.73. The molecule has 0 bridgehead atoms. The zero-order valence-corrected chi connectivity index (χ0v) is 21.8. The molecule has 35 heavy (non-hydrogen) atoms. The molecule has 0 saturated carbocycles. The van der Waals surface area contributed by atoms with Gasteiger partial charge in [-0.05, 0) is 62.1 Å². The van der Waals surface area contributed by atoms with E-state index in [0.717, 1.165) is 22.7 Å². The number of rotatable bonds is 2. The molecule has 172 valence electrons. The predicted octanol–water partition coefficient (Wildman–Crippen LogP) is 9.30. The molecule has 0 unspecified atom stereocenters. The standard InChI is InChI=1S/C29H26N4S2/c1-19-15-21(3)27-25(17-19)30-32(23-11-7-5-8-12-23)29(34-27)33(24-13-9-6-10-14-24)31-26-18-20(2)16-22(4)28(26)35-29/h5-18H,1-4H3/q+2. The molecule has 0 saturated heterocycles. The number of hydrogen-bond acceptors (Lipinski definition) is 4. The molecule has 2 aliphatic rings. The highest BCUT2D eigenvalue weighted by atomic mass is 32.2. The van der Waals surface area contributed by atoms with Crippen LogP contribution in [0.1, 0.15) is 22.3 Å². The van der Waals surface area contributed by atoms with Crippen molar-refractivity contribution in [1.29, 1.82) is 0 Å². The second kappa shape index (κ2) is 8.47. The molecular weight excluding hydrogens is 468 g/mol. The van der Waals surface area contributed by atoms with Crippen LogP contribution in [0.2, 0.25) is 0 Å². The smallest absolute Gasteiger partial charge is 0.0618 e. The van der Waals surface area contributed by atoms with Gasteiger partial charge in [-0.1, -0.05) is 48.5 Å². The second-order valence-corrected chi connectivity index (χ2v) is 11.7. The van der Waals surface area contributed by atoms with Crippen molar-refractivity contribution >= 4 is 46.3 Å². The van der Waals surface area contributed by atoms with Crippen LogP contribution in [0.4, 0.5) is 22.7 Å². The summed E-state index contributed by atoms with van der Waals surface area (Å²) in [6.45, 7) is 8.63. The van der Waals surface area contributed by atoms with Gasteiger partial charge < -0.3 is 0 Å². The van der Waals surface area contributed by atoms with Gasteiger partial charge in [-0.25, -0.2) is 0 Å². The summed E-state index contributed by atoms with van der Waals surface area (Å²) < 4.78 is 3.63. The van der Waals surface area contributed by atoms with Gasteiger partial charge in [-0.15, -0.1) is 0 Å². The summed E-state index contributed by atoms with van der Waals surface area (Å²) in [5, 5.41) is 10.6. The summed E-state index contributed by atoms with van der Waals surface area (Å²) in [7, 11) is 0. The highest BCUT2D eigenvalue weighted by molar-refractivity contribution is 8.17. The van der Waals surface area contributed by atoms with E-state index in [1.54, 1.807) is 0 Å². The lowest BCUT2D eigenvalue weighted by Gasteiger charge is -2.29. The number of para-hydroxylation sites is 2. The van der Waals surface area contributed by atoms with Gasteiger partial charge in [0.2, 0.25) is 11.4 Å². The first-order chi connectivity index (χ1) is 16.9. The molecule has 4 aromatic carbocycles. The first kappa shape index (κ1) is 22.3. The van der Waals surface area contributed by atoms with Gasteiger partial charge in [-0.3, -0.25) is 0 Å². The van der Waals surface area contributed by atoms with Crippen molar-refractivity contribution < 1.29 is 9.39 Å². The van der Waals surface area contributed by atoms with E-state index in [1.807, 2.05) is 35.7 Å². The Balaban J connectivity index is 1.69. The lowest BCUT2D eigenvalue weighted by molar-refractivity contribution is -0.751. The molecule has 6 heteroatoms. The average Bonchev–Trinajstić information content (AvgIpc) is 2.85. The number of aryl methyl sites for hydroxylation is 4. The highest BCUT2D eigenvalue weighted by Crippen LogP contribution is 2.61. The van der Waals surface area contributed by atoms with Gasteiger partial charge in [0.05, 0.1) is 33.3 Å². The minimum atomic E-state index is -0.678. The fraction of sp³-hybridized carbons (Fsp3) is 0.172. The minimum Gasteiger partial charge on any atom is -0.0618 e. The van der Waals surface area contributed by atoms with Crippen molar-refractivity contribution in [3.63, 3.8) is 0 Å². The van der Waals surface area contributed by atoms with E-state index in [4.69, 9.17) is 10.2 Å². The number of fused-ring (bicyclic) bond motifs is 2. The van der Waals surface area contributed by atoms with Crippen LogP contribution in [-0.2, 0) is 0 Å². The molecule has 6 rings (SSSR count). The maximum atomic E-state index is 5.30. The maximum absolute atomic E-state index is 5.30. The number of hydrogen-bond donors (Lipinski definition) is 0. The Kier molecular flexibility index (Phi) is 5.38. The minimum absolute atomic E-state index is 0.678. The van der Waals surface area contributed by atoms with Crippen LogP contribution in [-0.4, -0.2) is 13.7 Å². The SMILES string of the molecule is Cc1cc(C)c2c(c1)N=[N+](c1ccccc1)C1(S2)Sc2c(C)cc(C)cc2N=[N+]1c1ccccc1. The Labute approximate surface area is 214 Å². The molecular formula is C29H26N4S2+2. The van der Waals surface area contributed by atoms with Crippen LogP contribution < -0.4 is 0 Å². The number of nitrogens with zero attached hydrogens (tertiary/aromatic N) is 4. The van der Waals surface area contributed by atoms with Gasteiger partial charge in [-0.2, -0.15) is 0 Å². The highest BCUT2D eigenvalue weighted by Gasteiger charge is 2.65. The summed E-state index contributed by atoms with van der Waals surface area (Å²) in [4.78, 5) is 2.39. The summed E-state index contributed by atoms with van der Waals surface area (Å²) in [5.74, 6) is 0. The Morgan fingerprint density at radius 2 is 0.971 bits per heavy atom. The third kappa shape index (κ3) is 3.72. The van der Waals surface area contributed by atoms with Crippen LogP contribution in [0.5, 0.6) is 0 Å². The van der Waals surface area contributed by atoms with Crippen LogP contribution in [0.25, 0.3) is 0 Å². The molecule has 2 aliphatic heterocycles. The Morgan fingerprint density at radius 1 is 0.571 bits per heavy atom. The van der Waals surface area contributed by atoms with Crippen LogP contribution in [0, 0.1) is 27.7 Å². The average molecular weight is 495 g/mol. The van der Waals surface area contributed by atoms with E-state index in [0.29, 0.717) is 0 Å². The van der Waals surface area contributed by atoms with E-state index < -0.39 is 4.33 Å². The van der Waals surface area contributed by atoms with Gasteiger partial charge >= 0.3 is 4.33 Å². The Morgan fingerprint density at radius 3 is 1.37 bits per heavy atom. The molecule has 0 N–H and O–H groups in total. The topological polar surface area (TPSA) is 30.7 Å². The maximum Gasteiger partial charge on any atom is 0.516 e. The summed E-state index contributed by atoms with van der Waals surface area (Å²) >= 11 is 3.65.